The van der Waals surface area contributed by atoms with Gasteiger partial charge in [-0.2, -0.15) is 0 Å². The maximum atomic E-state index is 12.3. The van der Waals surface area contributed by atoms with Gasteiger partial charge in [-0.05, 0) is 32.3 Å². The van der Waals surface area contributed by atoms with E-state index in [1.165, 1.54) is 0 Å². The predicted octanol–water partition coefficient (Wildman–Crippen LogP) is 4.13. The monoisotopic (exact) mass is 447 g/mol. The molecule has 0 saturated carbocycles. The molecule has 0 unspecified atom stereocenters. The third kappa shape index (κ3) is 5.76. The number of benzene rings is 2. The molecule has 1 aliphatic rings. The second-order valence-corrected chi connectivity index (χ2v) is 8.52. The first-order valence-corrected chi connectivity index (χ1v) is 10.7. The molecule has 2 aromatic rings. The largest absolute Gasteiger partial charge is 0.508 e. The zero-order valence-electron chi connectivity index (χ0n) is 17.3. The van der Waals surface area contributed by atoms with Crippen molar-refractivity contribution in [2.75, 3.05) is 46.8 Å². The number of phenolic OH excluding ortho intramolecular Hbond substituents is 1. The van der Waals surface area contributed by atoms with Crippen LogP contribution in [-0.4, -0.2) is 72.5 Å². The van der Waals surface area contributed by atoms with Gasteiger partial charge in [0.15, 0.2) is 0 Å². The van der Waals surface area contributed by atoms with Gasteiger partial charge >= 0.3 is 0 Å². The Bertz CT molecular complexity index is 923. The number of hydrogen-bond donors (Lipinski definition) is 1. The number of phenols is 1. The highest BCUT2D eigenvalue weighted by molar-refractivity contribution is 6.36. The molecular weight excluding hydrogens is 421 g/mol. The van der Waals surface area contributed by atoms with Crippen molar-refractivity contribution < 1.29 is 9.90 Å². The van der Waals surface area contributed by atoms with Crippen LogP contribution in [0, 0.1) is 0 Å². The molecule has 0 radical (unpaired) electrons. The van der Waals surface area contributed by atoms with Crippen molar-refractivity contribution in [1.82, 2.24) is 14.7 Å². The number of carbonyl (C=O) groups excluding carboxylic acids is 1. The number of nitrogens with zero attached hydrogens (tertiary/aromatic N) is 3. The molecule has 1 aliphatic heterocycles. The van der Waals surface area contributed by atoms with Crippen molar-refractivity contribution in [3.63, 3.8) is 0 Å². The molecule has 0 aliphatic carbocycles. The van der Waals surface area contributed by atoms with E-state index in [0.29, 0.717) is 29.7 Å². The number of amides is 1. The van der Waals surface area contributed by atoms with E-state index < -0.39 is 0 Å². The van der Waals surface area contributed by atoms with Gasteiger partial charge in [0.25, 0.3) is 0 Å². The second-order valence-electron chi connectivity index (χ2n) is 7.71. The SMILES string of the molecule is CN(C)CC=CC(=O)N1CCN(Cc2cc(-c3ccccc3Cl)c(Cl)cc2O)CC1. The summed E-state index contributed by atoms with van der Waals surface area (Å²) in [7, 11) is 3.94. The molecule has 0 bridgehead atoms. The topological polar surface area (TPSA) is 47.0 Å². The van der Waals surface area contributed by atoms with Gasteiger partial charge in [0.1, 0.15) is 5.75 Å². The van der Waals surface area contributed by atoms with Gasteiger partial charge in [0.05, 0.1) is 5.02 Å². The van der Waals surface area contributed by atoms with Crippen LogP contribution in [0.15, 0.2) is 48.6 Å². The average Bonchev–Trinajstić information content (AvgIpc) is 2.71. The highest BCUT2D eigenvalue weighted by Gasteiger charge is 2.21. The van der Waals surface area contributed by atoms with Crippen LogP contribution in [0.5, 0.6) is 5.75 Å². The first-order chi connectivity index (χ1) is 14.3. The van der Waals surface area contributed by atoms with E-state index in [4.69, 9.17) is 23.2 Å². The summed E-state index contributed by atoms with van der Waals surface area (Å²) in [5.41, 5.74) is 2.43. The Morgan fingerprint density at radius 1 is 1.07 bits per heavy atom. The molecule has 1 fully saturated rings. The lowest BCUT2D eigenvalue weighted by Crippen LogP contribution is -2.47. The maximum absolute atomic E-state index is 12.3. The van der Waals surface area contributed by atoms with Gasteiger partial charge in [0, 0.05) is 67.1 Å². The van der Waals surface area contributed by atoms with Crippen LogP contribution >= 0.6 is 23.2 Å². The number of hydrogen-bond acceptors (Lipinski definition) is 4. The third-order valence-electron chi connectivity index (χ3n) is 5.14. The molecule has 1 saturated heterocycles. The first-order valence-electron chi connectivity index (χ1n) is 9.94. The molecule has 30 heavy (non-hydrogen) atoms. The van der Waals surface area contributed by atoms with Crippen molar-refractivity contribution in [2.24, 2.45) is 0 Å². The average molecular weight is 448 g/mol. The van der Waals surface area contributed by atoms with E-state index >= 15 is 0 Å². The van der Waals surface area contributed by atoms with Crippen LogP contribution in [0.2, 0.25) is 10.0 Å². The van der Waals surface area contributed by atoms with Gasteiger partial charge in [0.2, 0.25) is 5.91 Å². The summed E-state index contributed by atoms with van der Waals surface area (Å²) < 4.78 is 0. The Labute approximate surface area is 188 Å². The fraction of sp³-hybridized carbons (Fsp3) is 0.348. The van der Waals surface area contributed by atoms with Crippen molar-refractivity contribution in [1.29, 1.82) is 0 Å². The Morgan fingerprint density at radius 2 is 1.77 bits per heavy atom. The van der Waals surface area contributed by atoms with E-state index in [9.17, 15) is 9.90 Å². The summed E-state index contributed by atoms with van der Waals surface area (Å²) in [6, 6.07) is 11.0. The predicted molar refractivity (Wildman–Crippen MR) is 123 cm³/mol. The molecule has 5 nitrogen and oxygen atoms in total. The van der Waals surface area contributed by atoms with Crippen LogP contribution in [0.3, 0.4) is 0 Å². The van der Waals surface area contributed by atoms with Crippen LogP contribution < -0.4 is 0 Å². The van der Waals surface area contributed by atoms with Gasteiger partial charge in [-0.15, -0.1) is 0 Å². The van der Waals surface area contributed by atoms with E-state index in [1.807, 2.05) is 60.3 Å². The summed E-state index contributed by atoms with van der Waals surface area (Å²) in [5.74, 6) is 0.216. The maximum Gasteiger partial charge on any atom is 0.246 e. The molecule has 1 N–H and O–H groups in total. The fourth-order valence-electron chi connectivity index (χ4n) is 3.46. The van der Waals surface area contributed by atoms with Gasteiger partial charge in [-0.3, -0.25) is 9.69 Å². The minimum atomic E-state index is 0.0480. The number of likely N-dealkylation sites (N-methyl/N-ethyl adjacent to an activating group) is 1. The van der Waals surface area contributed by atoms with Crippen LogP contribution in [0.4, 0.5) is 0 Å². The second kappa shape index (κ2) is 10.3. The van der Waals surface area contributed by atoms with Crippen LogP contribution in [0.1, 0.15) is 5.56 Å². The van der Waals surface area contributed by atoms with Crippen LogP contribution in [-0.2, 0) is 11.3 Å². The number of halogens is 2. The minimum absolute atomic E-state index is 0.0480. The summed E-state index contributed by atoms with van der Waals surface area (Å²) >= 11 is 12.7. The van der Waals surface area contributed by atoms with Crippen molar-refractivity contribution in [3.05, 3.63) is 64.2 Å². The number of rotatable bonds is 6. The molecule has 1 amide bonds. The van der Waals surface area contributed by atoms with Gasteiger partial charge in [-0.25, -0.2) is 0 Å². The van der Waals surface area contributed by atoms with Crippen LogP contribution in [0.25, 0.3) is 11.1 Å². The standard InChI is InChI=1S/C23H27Cl2N3O2/c1-26(2)9-5-8-23(30)28-12-10-27(11-13-28)16-17-14-19(21(25)15-22(17)29)18-6-3-4-7-20(18)24/h3-8,14-15,29H,9-13,16H2,1-2H3. The molecule has 160 valence electrons. The number of piperazine rings is 1. The Balaban J connectivity index is 1.65. The van der Waals surface area contributed by atoms with Gasteiger partial charge < -0.3 is 14.9 Å². The quantitative estimate of drug-likeness (QED) is 0.676. The summed E-state index contributed by atoms with van der Waals surface area (Å²) in [6.45, 7) is 4.15. The summed E-state index contributed by atoms with van der Waals surface area (Å²) in [6.07, 6.45) is 3.53. The summed E-state index contributed by atoms with van der Waals surface area (Å²) in [4.78, 5) is 18.4. The Kier molecular flexibility index (Phi) is 7.78. The normalized spacial score (nSPS) is 15.3. The van der Waals surface area contributed by atoms with Gasteiger partial charge in [-0.1, -0.05) is 47.5 Å². The number of aromatic hydroxyl groups is 1. The molecule has 7 heteroatoms. The lowest BCUT2D eigenvalue weighted by atomic mass is 10.0. The lowest BCUT2D eigenvalue weighted by molar-refractivity contribution is -0.127. The molecule has 2 aromatic carbocycles. The third-order valence-corrected chi connectivity index (χ3v) is 5.78. The first kappa shape index (κ1) is 22.6. The fourth-order valence-corrected chi connectivity index (χ4v) is 3.95. The molecule has 1 heterocycles. The zero-order chi connectivity index (χ0) is 21.7. The zero-order valence-corrected chi connectivity index (χ0v) is 18.8. The molecule has 0 aromatic heterocycles. The minimum Gasteiger partial charge on any atom is -0.508 e. The van der Waals surface area contributed by atoms with E-state index in [1.54, 1.807) is 12.1 Å². The molecule has 3 rings (SSSR count). The van der Waals surface area contributed by atoms with E-state index in [2.05, 4.69) is 4.90 Å². The molecule has 0 atom stereocenters. The van der Waals surface area contributed by atoms with Crippen molar-refractivity contribution in [3.8, 4) is 16.9 Å². The molecular formula is C23H27Cl2N3O2. The lowest BCUT2D eigenvalue weighted by Gasteiger charge is -2.34. The Morgan fingerprint density at radius 3 is 2.43 bits per heavy atom. The van der Waals surface area contributed by atoms with Crippen molar-refractivity contribution in [2.45, 2.75) is 6.54 Å². The molecule has 0 spiro atoms. The highest BCUT2D eigenvalue weighted by atomic mass is 35.5. The smallest absolute Gasteiger partial charge is 0.246 e. The van der Waals surface area contributed by atoms with Crippen molar-refractivity contribution >= 4 is 29.1 Å². The Hall–Kier alpha value is -2.05. The van der Waals surface area contributed by atoms with E-state index in [-0.39, 0.29) is 11.7 Å². The highest BCUT2D eigenvalue weighted by Crippen LogP contribution is 2.37. The summed E-state index contributed by atoms with van der Waals surface area (Å²) in [5, 5.41) is 11.5. The van der Waals surface area contributed by atoms with E-state index in [0.717, 1.165) is 36.3 Å². The number of carbonyl (C=O) groups is 1.